The summed E-state index contributed by atoms with van der Waals surface area (Å²) in [6, 6.07) is 0.534. The van der Waals surface area contributed by atoms with Crippen LogP contribution in [0, 0.1) is 51.2 Å². The molecule has 2 spiro atoms. The van der Waals surface area contributed by atoms with Crippen LogP contribution in [0.2, 0.25) is 0 Å². The van der Waals surface area contributed by atoms with E-state index in [0.29, 0.717) is 46.5 Å². The van der Waals surface area contributed by atoms with Crippen molar-refractivity contribution in [1.29, 1.82) is 0 Å². The fraction of sp³-hybridized carbons (Fsp3) is 0.975. The van der Waals surface area contributed by atoms with Gasteiger partial charge in [-0.25, -0.2) is 0 Å². The van der Waals surface area contributed by atoms with Gasteiger partial charge in [0.1, 0.15) is 0 Å². The van der Waals surface area contributed by atoms with Crippen molar-refractivity contribution in [2.24, 2.45) is 51.2 Å². The molecular weight excluding hydrogens is 606 g/mol. The average Bonchev–Trinajstić information content (AvgIpc) is 3.55. The summed E-state index contributed by atoms with van der Waals surface area (Å²) in [6.45, 7) is 19.5. The van der Waals surface area contributed by atoms with Crippen LogP contribution in [0.15, 0.2) is 0 Å². The fourth-order valence-corrected chi connectivity index (χ4v) is 13.6. The number of fused-ring (bicyclic) bond motifs is 4. The van der Waals surface area contributed by atoms with Crippen molar-refractivity contribution in [2.45, 2.75) is 161 Å². The Kier molecular flexibility index (Phi) is 8.49. The van der Waals surface area contributed by atoms with Crippen LogP contribution >= 0.6 is 0 Å². The molecule has 5 saturated carbocycles. The fourth-order valence-electron chi connectivity index (χ4n) is 13.6. The predicted molar refractivity (Wildman–Crippen MR) is 182 cm³/mol. The minimum Gasteiger partial charge on any atom is -0.457 e. The summed E-state index contributed by atoms with van der Waals surface area (Å²) in [5.74, 6) is 2.73. The Morgan fingerprint density at radius 1 is 0.979 bits per heavy atom. The summed E-state index contributed by atoms with van der Waals surface area (Å²) in [5, 5.41) is 11.1. The summed E-state index contributed by atoms with van der Waals surface area (Å²) in [5.41, 5.74) is 0.256. The molecule has 3 saturated heterocycles. The lowest BCUT2D eigenvalue weighted by molar-refractivity contribution is -0.253. The largest absolute Gasteiger partial charge is 0.457 e. The Morgan fingerprint density at radius 2 is 1.75 bits per heavy atom. The van der Waals surface area contributed by atoms with Gasteiger partial charge in [0.2, 0.25) is 0 Å². The molecule has 8 nitrogen and oxygen atoms in total. The number of esters is 1. The van der Waals surface area contributed by atoms with Gasteiger partial charge in [-0.15, -0.1) is 0 Å². The van der Waals surface area contributed by atoms with Crippen LogP contribution in [0.1, 0.15) is 119 Å². The number of ether oxygens (including phenoxy) is 5. The number of hydrogen-bond donors (Lipinski definition) is 1. The van der Waals surface area contributed by atoms with Crippen LogP contribution in [0.25, 0.3) is 0 Å². The van der Waals surface area contributed by atoms with Crippen LogP contribution in [-0.2, 0) is 28.5 Å². The normalized spacial score (nSPS) is 47.5. The molecule has 0 aromatic carbocycles. The lowest BCUT2D eigenvalue weighted by Crippen LogP contribution is -2.58. The molecule has 0 radical (unpaired) electrons. The first kappa shape index (κ1) is 34.3. The Labute approximate surface area is 289 Å². The molecule has 8 fully saturated rings. The van der Waals surface area contributed by atoms with Crippen LogP contribution in [0.5, 0.6) is 0 Å². The van der Waals surface area contributed by atoms with Crippen molar-refractivity contribution in [3.8, 4) is 0 Å². The van der Waals surface area contributed by atoms with Crippen LogP contribution in [0.4, 0.5) is 0 Å². The van der Waals surface area contributed by atoms with Gasteiger partial charge in [0.05, 0.1) is 56.3 Å². The quantitative estimate of drug-likeness (QED) is 0.299. The third-order valence-electron chi connectivity index (χ3n) is 15.9. The van der Waals surface area contributed by atoms with E-state index in [4.69, 9.17) is 23.7 Å². The van der Waals surface area contributed by atoms with Crippen LogP contribution < -0.4 is 0 Å². The van der Waals surface area contributed by atoms with Crippen molar-refractivity contribution in [3.63, 3.8) is 0 Å². The van der Waals surface area contributed by atoms with Gasteiger partial charge >= 0.3 is 5.97 Å². The lowest BCUT2D eigenvalue weighted by atomic mass is 9.46. The Balaban J connectivity index is 0.951. The van der Waals surface area contributed by atoms with E-state index in [1.165, 1.54) is 38.5 Å². The maximum atomic E-state index is 12.8. The first-order valence-corrected chi connectivity index (χ1v) is 19.8. The molecule has 10 unspecified atom stereocenters. The highest BCUT2D eigenvalue weighted by atomic mass is 16.7. The molecule has 0 aromatic rings. The molecule has 48 heavy (non-hydrogen) atoms. The molecule has 5 aliphatic carbocycles. The van der Waals surface area contributed by atoms with Gasteiger partial charge in [-0.3, -0.25) is 9.69 Å². The number of hydrogen-bond acceptors (Lipinski definition) is 8. The van der Waals surface area contributed by atoms with Gasteiger partial charge in [-0.1, -0.05) is 34.6 Å². The standard InChI is InChI=1S/C40H65NO7/c1-24(2)18-33(42)48-35(37(5,6)43)29-10-8-27-30(46-29)19-28-26-9-11-31-36(3,4)32(47-34-20-41(16-17-45-34)25-21-44-22-25)12-13-40(31)23-39(26,40)15-14-38(27,28)7/h24-32,34-35,43H,8-23H2,1-7H3/t26?,27?,28?,29?,30?,31?,32-,34?,35-,38?,39?,40?/m0/s1. The molecule has 12 atom stereocenters. The molecule has 3 heterocycles. The molecule has 8 heteroatoms. The van der Waals surface area contributed by atoms with E-state index in [-0.39, 0.29) is 41.9 Å². The zero-order chi connectivity index (χ0) is 33.9. The predicted octanol–water partition coefficient (Wildman–Crippen LogP) is 6.36. The maximum Gasteiger partial charge on any atom is 0.306 e. The van der Waals surface area contributed by atoms with Gasteiger partial charge in [-0.2, -0.15) is 0 Å². The SMILES string of the molecule is CC(C)CC(=O)O[C@@H](C1CCC2C(CC3C4CCC5C(C)(C)[C@@H](OC6CN(C7COC7)CCO6)CCC56CC46CCC23C)O1)C(C)(C)O. The molecule has 272 valence electrons. The molecule has 0 amide bonds. The summed E-state index contributed by atoms with van der Waals surface area (Å²) in [7, 11) is 0. The van der Waals surface area contributed by atoms with Crippen LogP contribution in [0.3, 0.4) is 0 Å². The number of aliphatic hydroxyl groups is 1. The first-order chi connectivity index (χ1) is 22.7. The minimum atomic E-state index is -1.15. The zero-order valence-corrected chi connectivity index (χ0v) is 31.0. The van der Waals surface area contributed by atoms with Gasteiger partial charge in [-0.05, 0) is 129 Å². The topological polar surface area (TPSA) is 86.7 Å². The van der Waals surface area contributed by atoms with Crippen LogP contribution in [-0.4, -0.2) is 91.2 Å². The molecule has 0 bridgehead atoms. The number of carbonyl (C=O) groups is 1. The molecule has 0 aromatic heterocycles. The van der Waals surface area contributed by atoms with Crippen molar-refractivity contribution in [3.05, 3.63) is 0 Å². The monoisotopic (exact) mass is 671 g/mol. The summed E-state index contributed by atoms with van der Waals surface area (Å²) in [4.78, 5) is 15.3. The van der Waals surface area contributed by atoms with E-state index in [0.717, 1.165) is 64.5 Å². The molecular formula is C40H65NO7. The van der Waals surface area contributed by atoms with E-state index >= 15 is 0 Å². The van der Waals surface area contributed by atoms with Gasteiger partial charge in [0.15, 0.2) is 12.4 Å². The number of rotatable bonds is 8. The highest BCUT2D eigenvalue weighted by Gasteiger charge is 2.80. The second kappa shape index (κ2) is 11.9. The van der Waals surface area contributed by atoms with E-state index in [9.17, 15) is 9.90 Å². The molecule has 8 aliphatic rings. The highest BCUT2D eigenvalue weighted by molar-refractivity contribution is 5.70. The molecule has 8 rings (SSSR count). The van der Waals surface area contributed by atoms with E-state index in [1.54, 1.807) is 13.8 Å². The maximum absolute atomic E-state index is 12.8. The Hall–Kier alpha value is -0.770. The van der Waals surface area contributed by atoms with Gasteiger partial charge in [0.25, 0.3) is 0 Å². The van der Waals surface area contributed by atoms with E-state index < -0.39 is 11.7 Å². The summed E-state index contributed by atoms with van der Waals surface area (Å²) < 4.78 is 31.6. The van der Waals surface area contributed by atoms with Gasteiger partial charge < -0.3 is 28.8 Å². The zero-order valence-electron chi connectivity index (χ0n) is 31.0. The van der Waals surface area contributed by atoms with Crippen molar-refractivity contribution < 1.29 is 33.6 Å². The van der Waals surface area contributed by atoms with E-state index in [1.807, 2.05) is 13.8 Å². The van der Waals surface area contributed by atoms with E-state index in [2.05, 4.69) is 25.7 Å². The second-order valence-electron chi connectivity index (χ2n) is 19.6. The third kappa shape index (κ3) is 5.30. The summed E-state index contributed by atoms with van der Waals surface area (Å²) >= 11 is 0. The Morgan fingerprint density at radius 3 is 2.46 bits per heavy atom. The average molecular weight is 672 g/mol. The number of carbonyl (C=O) groups excluding carboxylic acids is 1. The van der Waals surface area contributed by atoms with Gasteiger partial charge in [0, 0.05) is 13.0 Å². The smallest absolute Gasteiger partial charge is 0.306 e. The Bertz CT molecular complexity index is 1230. The number of morpholine rings is 1. The molecule has 3 aliphatic heterocycles. The highest BCUT2D eigenvalue weighted by Crippen LogP contribution is 2.87. The third-order valence-corrected chi connectivity index (χ3v) is 15.9. The van der Waals surface area contributed by atoms with Crippen molar-refractivity contribution >= 4 is 5.97 Å². The minimum absolute atomic E-state index is 0.127. The number of nitrogens with zero attached hydrogens (tertiary/aromatic N) is 1. The van der Waals surface area contributed by atoms with Crippen molar-refractivity contribution in [1.82, 2.24) is 4.90 Å². The summed E-state index contributed by atoms with van der Waals surface area (Å²) in [6.07, 6.45) is 12.1. The second-order valence-corrected chi connectivity index (χ2v) is 19.6. The lowest BCUT2D eigenvalue weighted by Gasteiger charge is -2.60. The van der Waals surface area contributed by atoms with Crippen molar-refractivity contribution in [2.75, 3.05) is 32.9 Å². The molecule has 1 N–H and O–H groups in total. The first-order valence-electron chi connectivity index (χ1n) is 19.8.